The molecular weight excluding hydrogens is 428 g/mol. The first kappa shape index (κ1) is 20.9. The molecule has 2 aromatic rings. The SMILES string of the molecule is CCNC(=S)NN=Cc1ccc(OCC(=O)Nc2ccc(C)cc2)c(Br)c1. The van der Waals surface area contributed by atoms with Gasteiger partial charge in [-0.25, -0.2) is 0 Å². The lowest BCUT2D eigenvalue weighted by atomic mass is 10.2. The molecule has 1 amide bonds. The third-order valence-corrected chi connectivity index (χ3v) is 4.22. The number of nitrogens with one attached hydrogen (secondary N) is 3. The quantitative estimate of drug-likeness (QED) is 0.342. The average molecular weight is 449 g/mol. The van der Waals surface area contributed by atoms with Crippen molar-refractivity contribution < 1.29 is 9.53 Å². The third kappa shape index (κ3) is 7.36. The van der Waals surface area contributed by atoms with E-state index < -0.39 is 0 Å². The molecule has 0 saturated carbocycles. The van der Waals surface area contributed by atoms with E-state index in [1.54, 1.807) is 12.3 Å². The second-order valence-electron chi connectivity index (χ2n) is 5.62. The molecule has 8 heteroatoms. The highest BCUT2D eigenvalue weighted by Gasteiger charge is 2.07. The maximum Gasteiger partial charge on any atom is 0.262 e. The number of nitrogens with zero attached hydrogens (tertiary/aromatic N) is 1. The Hall–Kier alpha value is -2.45. The molecule has 0 spiro atoms. The van der Waals surface area contributed by atoms with Gasteiger partial charge in [-0.2, -0.15) is 5.10 Å². The zero-order chi connectivity index (χ0) is 19.6. The van der Waals surface area contributed by atoms with E-state index >= 15 is 0 Å². The fourth-order valence-electron chi connectivity index (χ4n) is 2.06. The maximum absolute atomic E-state index is 12.0. The summed E-state index contributed by atoms with van der Waals surface area (Å²) in [5.74, 6) is 0.347. The second kappa shape index (κ2) is 10.6. The molecule has 0 atom stereocenters. The van der Waals surface area contributed by atoms with E-state index in [4.69, 9.17) is 17.0 Å². The fraction of sp³-hybridized carbons (Fsp3) is 0.211. The van der Waals surface area contributed by atoms with Crippen LogP contribution in [0.15, 0.2) is 52.0 Å². The van der Waals surface area contributed by atoms with Gasteiger partial charge in [-0.15, -0.1) is 0 Å². The van der Waals surface area contributed by atoms with E-state index in [-0.39, 0.29) is 12.5 Å². The van der Waals surface area contributed by atoms with E-state index in [0.717, 1.165) is 27.8 Å². The summed E-state index contributed by atoms with van der Waals surface area (Å²) in [6.07, 6.45) is 1.64. The molecule has 0 aliphatic rings. The Labute approximate surface area is 172 Å². The Morgan fingerprint density at radius 3 is 2.67 bits per heavy atom. The summed E-state index contributed by atoms with van der Waals surface area (Å²) in [6.45, 7) is 4.59. The molecule has 27 heavy (non-hydrogen) atoms. The van der Waals surface area contributed by atoms with Crippen molar-refractivity contribution in [1.82, 2.24) is 10.7 Å². The summed E-state index contributed by atoms with van der Waals surface area (Å²) in [4.78, 5) is 12.0. The molecule has 3 N–H and O–H groups in total. The summed E-state index contributed by atoms with van der Waals surface area (Å²) >= 11 is 8.46. The minimum Gasteiger partial charge on any atom is -0.483 e. The van der Waals surface area contributed by atoms with E-state index in [2.05, 4.69) is 37.1 Å². The van der Waals surface area contributed by atoms with Crippen molar-refractivity contribution in [1.29, 1.82) is 0 Å². The second-order valence-corrected chi connectivity index (χ2v) is 6.88. The summed E-state index contributed by atoms with van der Waals surface area (Å²) < 4.78 is 6.30. The van der Waals surface area contributed by atoms with Crippen LogP contribution in [0.5, 0.6) is 5.75 Å². The van der Waals surface area contributed by atoms with Crippen molar-refractivity contribution in [2.45, 2.75) is 13.8 Å². The predicted molar refractivity (Wildman–Crippen MR) is 116 cm³/mol. The molecular formula is C19H21BrN4O2S. The maximum atomic E-state index is 12.0. The Morgan fingerprint density at radius 2 is 2.00 bits per heavy atom. The average Bonchev–Trinajstić information content (AvgIpc) is 2.63. The van der Waals surface area contributed by atoms with Crippen LogP contribution in [0.3, 0.4) is 0 Å². The van der Waals surface area contributed by atoms with Crippen LogP contribution in [0.2, 0.25) is 0 Å². The minimum absolute atomic E-state index is 0.0849. The van der Waals surface area contributed by atoms with Crippen LogP contribution >= 0.6 is 28.1 Å². The van der Waals surface area contributed by atoms with E-state index in [9.17, 15) is 4.79 Å². The number of aryl methyl sites for hydroxylation is 1. The van der Waals surface area contributed by atoms with Gasteiger partial charge in [0.15, 0.2) is 11.7 Å². The van der Waals surface area contributed by atoms with Crippen LogP contribution in [0.1, 0.15) is 18.1 Å². The predicted octanol–water partition coefficient (Wildman–Crippen LogP) is 3.59. The zero-order valence-corrected chi connectivity index (χ0v) is 17.5. The molecule has 142 valence electrons. The smallest absolute Gasteiger partial charge is 0.262 e. The van der Waals surface area contributed by atoms with Crippen molar-refractivity contribution in [3.63, 3.8) is 0 Å². The van der Waals surface area contributed by atoms with Gasteiger partial charge in [-0.1, -0.05) is 17.7 Å². The van der Waals surface area contributed by atoms with Crippen molar-refractivity contribution >= 4 is 51.1 Å². The molecule has 0 unspecified atom stereocenters. The lowest BCUT2D eigenvalue weighted by molar-refractivity contribution is -0.118. The lowest BCUT2D eigenvalue weighted by Gasteiger charge is -2.09. The zero-order valence-electron chi connectivity index (χ0n) is 15.1. The molecule has 2 rings (SSSR count). The first-order valence-corrected chi connectivity index (χ1v) is 9.54. The molecule has 0 saturated heterocycles. The number of rotatable bonds is 7. The van der Waals surface area contributed by atoms with Gasteiger partial charge in [0.1, 0.15) is 5.75 Å². The first-order chi connectivity index (χ1) is 13.0. The van der Waals surface area contributed by atoms with Gasteiger partial charge in [0, 0.05) is 12.2 Å². The molecule has 0 bridgehead atoms. The number of hydrazone groups is 1. The highest BCUT2D eigenvalue weighted by Crippen LogP contribution is 2.25. The molecule has 6 nitrogen and oxygen atoms in total. The largest absolute Gasteiger partial charge is 0.483 e. The summed E-state index contributed by atoms with van der Waals surface area (Å²) in [7, 11) is 0. The number of halogens is 1. The molecule has 0 aliphatic heterocycles. The van der Waals surface area contributed by atoms with Crippen LogP contribution in [0.25, 0.3) is 0 Å². The highest BCUT2D eigenvalue weighted by molar-refractivity contribution is 9.10. The van der Waals surface area contributed by atoms with Crippen LogP contribution in [-0.4, -0.2) is 30.4 Å². The van der Waals surface area contributed by atoms with E-state index in [1.807, 2.05) is 50.2 Å². The highest BCUT2D eigenvalue weighted by atomic mass is 79.9. The summed E-state index contributed by atoms with van der Waals surface area (Å²) in [6, 6.07) is 13.0. The summed E-state index contributed by atoms with van der Waals surface area (Å²) in [5, 5.41) is 10.3. The first-order valence-electron chi connectivity index (χ1n) is 8.33. The van der Waals surface area contributed by atoms with Crippen LogP contribution in [-0.2, 0) is 4.79 Å². The van der Waals surface area contributed by atoms with Crippen LogP contribution in [0.4, 0.5) is 5.69 Å². The van der Waals surface area contributed by atoms with Crippen LogP contribution < -0.4 is 20.8 Å². The van der Waals surface area contributed by atoms with Gasteiger partial charge < -0.3 is 15.4 Å². The Bertz CT molecular complexity index is 825. The third-order valence-electron chi connectivity index (χ3n) is 3.37. The number of benzene rings is 2. The van der Waals surface area contributed by atoms with E-state index in [1.165, 1.54) is 0 Å². The van der Waals surface area contributed by atoms with Crippen molar-refractivity contribution in [3.8, 4) is 5.75 Å². The number of hydrogen-bond donors (Lipinski definition) is 3. The Kier molecular flexibility index (Phi) is 8.22. The molecule has 0 fully saturated rings. The minimum atomic E-state index is -0.225. The van der Waals surface area contributed by atoms with Gasteiger partial charge in [0.25, 0.3) is 5.91 Å². The molecule has 0 aliphatic carbocycles. The van der Waals surface area contributed by atoms with Gasteiger partial charge in [-0.05, 0) is 77.9 Å². The molecule has 0 aromatic heterocycles. The number of carbonyl (C=O) groups is 1. The standard InChI is InChI=1S/C19H21BrN4O2S/c1-3-21-19(27)24-22-11-14-6-9-17(16(20)10-14)26-12-18(25)23-15-7-4-13(2)5-8-15/h4-11H,3,12H2,1-2H3,(H,23,25)(H2,21,24,27). The summed E-state index contributed by atoms with van der Waals surface area (Å²) in [5.41, 5.74) is 5.45. The van der Waals surface area contributed by atoms with Crippen LogP contribution in [0, 0.1) is 6.92 Å². The molecule has 2 aromatic carbocycles. The number of hydrogen-bond acceptors (Lipinski definition) is 4. The number of thiocarbonyl (C=S) groups is 1. The van der Waals surface area contributed by atoms with Gasteiger partial charge in [-0.3, -0.25) is 10.2 Å². The molecule has 0 heterocycles. The number of anilines is 1. The normalized spacial score (nSPS) is 10.5. The lowest BCUT2D eigenvalue weighted by Crippen LogP contribution is -2.31. The van der Waals surface area contributed by atoms with E-state index in [0.29, 0.717) is 10.9 Å². The van der Waals surface area contributed by atoms with Crippen molar-refractivity contribution in [2.75, 3.05) is 18.5 Å². The van der Waals surface area contributed by atoms with Crippen molar-refractivity contribution in [3.05, 3.63) is 58.1 Å². The Morgan fingerprint density at radius 1 is 1.26 bits per heavy atom. The van der Waals surface area contributed by atoms with Crippen molar-refractivity contribution in [2.24, 2.45) is 5.10 Å². The topological polar surface area (TPSA) is 74.8 Å². The molecule has 0 radical (unpaired) electrons. The number of carbonyl (C=O) groups excluding carboxylic acids is 1. The van der Waals surface area contributed by atoms with Gasteiger partial charge in [0.2, 0.25) is 0 Å². The monoisotopic (exact) mass is 448 g/mol. The number of amides is 1. The fourth-order valence-corrected chi connectivity index (χ4v) is 2.77. The Balaban J connectivity index is 1.86. The number of ether oxygens (including phenoxy) is 1. The van der Waals surface area contributed by atoms with Gasteiger partial charge in [0.05, 0.1) is 10.7 Å². The van der Waals surface area contributed by atoms with Gasteiger partial charge >= 0.3 is 0 Å².